The van der Waals surface area contributed by atoms with Gasteiger partial charge in [-0.15, -0.1) is 5.10 Å². The summed E-state index contributed by atoms with van der Waals surface area (Å²) in [6.07, 6.45) is 0. The lowest BCUT2D eigenvalue weighted by Gasteiger charge is -2.11. The smallest absolute Gasteiger partial charge is 0.274 e. The lowest BCUT2D eigenvalue weighted by molar-refractivity contribution is 0.0900. The fourth-order valence-electron chi connectivity index (χ4n) is 2.11. The Kier molecular flexibility index (Phi) is 5.11. The third kappa shape index (κ3) is 3.43. The molecule has 22 heavy (non-hydrogen) atoms. The summed E-state index contributed by atoms with van der Waals surface area (Å²) < 4.78 is 11.8. The number of hydrogen-bond acceptors (Lipinski definition) is 5. The van der Waals surface area contributed by atoms with E-state index in [2.05, 4.69) is 15.6 Å². The highest BCUT2D eigenvalue weighted by molar-refractivity contribution is 5.93. The quantitative estimate of drug-likeness (QED) is 0.871. The minimum Gasteiger partial charge on any atom is -0.497 e. The molecule has 0 saturated heterocycles. The van der Waals surface area contributed by atoms with Crippen LogP contribution in [0.25, 0.3) is 5.69 Å². The molecule has 0 radical (unpaired) electrons. The second-order valence-corrected chi connectivity index (χ2v) is 4.97. The zero-order valence-corrected chi connectivity index (χ0v) is 13.2. The van der Waals surface area contributed by atoms with Crippen molar-refractivity contribution in [1.29, 1.82) is 0 Å². The van der Waals surface area contributed by atoms with Crippen LogP contribution in [0.5, 0.6) is 5.75 Å². The van der Waals surface area contributed by atoms with Crippen molar-refractivity contribution in [3.05, 3.63) is 35.7 Å². The lowest BCUT2D eigenvalue weighted by atomic mass is 10.2. The second-order valence-electron chi connectivity index (χ2n) is 4.97. The van der Waals surface area contributed by atoms with E-state index in [0.29, 0.717) is 23.7 Å². The van der Waals surface area contributed by atoms with Gasteiger partial charge in [-0.05, 0) is 26.0 Å². The fourth-order valence-corrected chi connectivity index (χ4v) is 2.11. The van der Waals surface area contributed by atoms with Crippen LogP contribution in [0.3, 0.4) is 0 Å². The van der Waals surface area contributed by atoms with Crippen LogP contribution < -0.4 is 10.1 Å². The van der Waals surface area contributed by atoms with Gasteiger partial charge in [0.05, 0.1) is 25.1 Å². The molecule has 1 heterocycles. The molecular weight excluding hydrogens is 284 g/mol. The van der Waals surface area contributed by atoms with Crippen molar-refractivity contribution in [2.24, 2.45) is 0 Å². The average Bonchev–Trinajstić information content (AvgIpc) is 2.89. The minimum atomic E-state index is -0.267. The Morgan fingerprint density at radius 1 is 1.41 bits per heavy atom. The first-order valence-corrected chi connectivity index (χ1v) is 6.93. The molecule has 0 fully saturated rings. The molecular formula is C15H20N4O3. The van der Waals surface area contributed by atoms with Crippen LogP contribution in [0.15, 0.2) is 24.3 Å². The normalized spacial score (nSPS) is 12.0. The van der Waals surface area contributed by atoms with E-state index in [1.54, 1.807) is 25.8 Å². The summed E-state index contributed by atoms with van der Waals surface area (Å²) in [4.78, 5) is 12.2. The maximum absolute atomic E-state index is 12.2. The van der Waals surface area contributed by atoms with Gasteiger partial charge in [0.25, 0.3) is 5.91 Å². The SMILES string of the molecule is COC[C@H](C)NC(=O)c1nnn(-c2cccc(OC)c2)c1C. The number of nitrogens with zero attached hydrogens (tertiary/aromatic N) is 3. The molecule has 1 atom stereocenters. The predicted molar refractivity (Wildman–Crippen MR) is 81.5 cm³/mol. The van der Waals surface area contributed by atoms with Crippen molar-refractivity contribution in [1.82, 2.24) is 20.3 Å². The van der Waals surface area contributed by atoms with Crippen LogP contribution in [0.2, 0.25) is 0 Å². The van der Waals surface area contributed by atoms with Crippen molar-refractivity contribution in [3.63, 3.8) is 0 Å². The van der Waals surface area contributed by atoms with Gasteiger partial charge in [0.15, 0.2) is 5.69 Å². The van der Waals surface area contributed by atoms with Gasteiger partial charge < -0.3 is 14.8 Å². The molecule has 1 N–H and O–H groups in total. The van der Waals surface area contributed by atoms with Gasteiger partial charge >= 0.3 is 0 Å². The molecule has 7 heteroatoms. The molecule has 118 valence electrons. The summed E-state index contributed by atoms with van der Waals surface area (Å²) in [6.45, 7) is 4.10. The maximum Gasteiger partial charge on any atom is 0.274 e. The molecule has 1 amide bonds. The van der Waals surface area contributed by atoms with Crippen molar-refractivity contribution in [3.8, 4) is 11.4 Å². The monoisotopic (exact) mass is 304 g/mol. The van der Waals surface area contributed by atoms with Gasteiger partial charge in [-0.25, -0.2) is 4.68 Å². The number of nitrogens with one attached hydrogen (secondary N) is 1. The molecule has 0 unspecified atom stereocenters. The molecule has 0 saturated carbocycles. The van der Waals surface area contributed by atoms with Crippen molar-refractivity contribution < 1.29 is 14.3 Å². The van der Waals surface area contributed by atoms with Gasteiger partial charge in [0.2, 0.25) is 0 Å². The largest absolute Gasteiger partial charge is 0.497 e. The summed E-state index contributed by atoms with van der Waals surface area (Å²) >= 11 is 0. The zero-order valence-electron chi connectivity index (χ0n) is 13.2. The Balaban J connectivity index is 2.23. The number of amides is 1. The van der Waals surface area contributed by atoms with Crippen LogP contribution in [-0.4, -0.2) is 47.8 Å². The number of carbonyl (C=O) groups is 1. The number of ether oxygens (including phenoxy) is 2. The highest BCUT2D eigenvalue weighted by atomic mass is 16.5. The number of carbonyl (C=O) groups excluding carboxylic acids is 1. The van der Waals surface area contributed by atoms with Gasteiger partial charge in [0, 0.05) is 19.2 Å². The Bertz CT molecular complexity index is 654. The molecule has 1 aromatic carbocycles. The highest BCUT2D eigenvalue weighted by Gasteiger charge is 2.19. The number of hydrogen-bond donors (Lipinski definition) is 1. The van der Waals surface area contributed by atoms with E-state index in [1.165, 1.54) is 0 Å². The van der Waals surface area contributed by atoms with Crippen LogP contribution in [0.1, 0.15) is 23.1 Å². The minimum absolute atomic E-state index is 0.0983. The van der Waals surface area contributed by atoms with Gasteiger partial charge in [-0.3, -0.25) is 4.79 Å². The topological polar surface area (TPSA) is 78.3 Å². The van der Waals surface area contributed by atoms with Crippen LogP contribution in [-0.2, 0) is 4.74 Å². The summed E-state index contributed by atoms with van der Waals surface area (Å²) in [5.74, 6) is 0.448. The average molecular weight is 304 g/mol. The molecule has 0 spiro atoms. The van der Waals surface area contributed by atoms with E-state index in [1.807, 2.05) is 31.2 Å². The number of aromatic nitrogens is 3. The molecule has 0 bridgehead atoms. The number of benzene rings is 1. The lowest BCUT2D eigenvalue weighted by Crippen LogP contribution is -2.36. The molecule has 0 aliphatic rings. The highest BCUT2D eigenvalue weighted by Crippen LogP contribution is 2.18. The van der Waals surface area contributed by atoms with E-state index in [4.69, 9.17) is 9.47 Å². The van der Waals surface area contributed by atoms with Crippen LogP contribution >= 0.6 is 0 Å². The Morgan fingerprint density at radius 2 is 2.18 bits per heavy atom. The first-order valence-electron chi connectivity index (χ1n) is 6.93. The Hall–Kier alpha value is -2.41. The van der Waals surface area contributed by atoms with Crippen LogP contribution in [0, 0.1) is 6.92 Å². The molecule has 1 aromatic heterocycles. The Morgan fingerprint density at radius 3 is 2.86 bits per heavy atom. The molecule has 0 aliphatic heterocycles. The van der Waals surface area contributed by atoms with E-state index >= 15 is 0 Å². The molecule has 7 nitrogen and oxygen atoms in total. The van der Waals surface area contributed by atoms with Gasteiger partial charge in [-0.1, -0.05) is 11.3 Å². The number of methoxy groups -OCH3 is 2. The predicted octanol–water partition coefficient (Wildman–Crippen LogP) is 1.35. The third-order valence-corrected chi connectivity index (χ3v) is 3.20. The van der Waals surface area contributed by atoms with Crippen molar-refractivity contribution in [2.45, 2.75) is 19.9 Å². The zero-order chi connectivity index (χ0) is 16.1. The summed E-state index contributed by atoms with van der Waals surface area (Å²) in [7, 11) is 3.19. The summed E-state index contributed by atoms with van der Waals surface area (Å²) in [5, 5.41) is 10.9. The summed E-state index contributed by atoms with van der Waals surface area (Å²) in [6, 6.07) is 7.31. The third-order valence-electron chi connectivity index (χ3n) is 3.20. The van der Waals surface area contributed by atoms with Crippen molar-refractivity contribution in [2.75, 3.05) is 20.8 Å². The van der Waals surface area contributed by atoms with E-state index in [0.717, 1.165) is 5.69 Å². The van der Waals surface area contributed by atoms with Crippen molar-refractivity contribution >= 4 is 5.91 Å². The molecule has 2 rings (SSSR count). The maximum atomic E-state index is 12.2. The number of rotatable bonds is 6. The van der Waals surface area contributed by atoms with E-state index < -0.39 is 0 Å². The van der Waals surface area contributed by atoms with E-state index in [-0.39, 0.29) is 11.9 Å². The fraction of sp³-hybridized carbons (Fsp3) is 0.400. The Labute approximate surface area is 129 Å². The second kappa shape index (κ2) is 7.04. The molecule has 0 aliphatic carbocycles. The standard InChI is InChI=1S/C15H20N4O3/c1-10(9-21-3)16-15(20)14-11(2)19(18-17-14)12-6-5-7-13(8-12)22-4/h5-8,10H,9H2,1-4H3,(H,16,20)/t10-/m0/s1. The van der Waals surface area contributed by atoms with E-state index in [9.17, 15) is 4.79 Å². The van der Waals surface area contributed by atoms with Gasteiger partial charge in [-0.2, -0.15) is 0 Å². The summed E-state index contributed by atoms with van der Waals surface area (Å²) in [5.41, 5.74) is 1.74. The molecule has 2 aromatic rings. The first-order chi connectivity index (χ1) is 10.6. The van der Waals surface area contributed by atoms with Gasteiger partial charge in [0.1, 0.15) is 5.75 Å². The first kappa shape index (κ1) is 16.0. The van der Waals surface area contributed by atoms with Crippen LogP contribution in [0.4, 0.5) is 0 Å².